The van der Waals surface area contributed by atoms with Crippen LogP contribution in [-0.4, -0.2) is 25.9 Å². The molecular formula is C25H31ClN4O2S. The number of nitrogens with zero attached hydrogens (tertiary/aromatic N) is 3. The first-order valence-electron chi connectivity index (χ1n) is 11.2. The van der Waals surface area contributed by atoms with E-state index in [4.69, 9.17) is 16.3 Å². The number of hydrogen-bond acceptors (Lipinski definition) is 5. The molecule has 33 heavy (non-hydrogen) atoms. The minimum Gasteiger partial charge on any atom is -0.484 e. The highest BCUT2D eigenvalue weighted by molar-refractivity contribution is 8.00. The molecule has 0 aliphatic carbocycles. The summed E-state index contributed by atoms with van der Waals surface area (Å²) in [5.41, 5.74) is 2.95. The molecular weight excluding hydrogens is 456 g/mol. The van der Waals surface area contributed by atoms with Gasteiger partial charge in [-0.2, -0.15) is 0 Å². The van der Waals surface area contributed by atoms with E-state index < -0.39 is 0 Å². The van der Waals surface area contributed by atoms with Gasteiger partial charge in [0.1, 0.15) is 12.4 Å². The third kappa shape index (κ3) is 6.09. The summed E-state index contributed by atoms with van der Waals surface area (Å²) in [5, 5.41) is 12.8. The Morgan fingerprint density at radius 1 is 1.09 bits per heavy atom. The minimum absolute atomic E-state index is 0.0645. The second-order valence-electron chi connectivity index (χ2n) is 7.97. The van der Waals surface area contributed by atoms with Gasteiger partial charge in [0, 0.05) is 11.7 Å². The molecule has 2 aromatic carbocycles. The van der Waals surface area contributed by atoms with Crippen LogP contribution in [0.4, 0.5) is 5.69 Å². The number of ether oxygens (including phenoxy) is 1. The zero-order chi connectivity index (χ0) is 24.0. The molecule has 1 amide bonds. The fourth-order valence-electron chi connectivity index (χ4n) is 3.66. The van der Waals surface area contributed by atoms with Gasteiger partial charge in [0.15, 0.2) is 11.0 Å². The quantitative estimate of drug-likeness (QED) is 0.326. The molecule has 0 aliphatic heterocycles. The van der Waals surface area contributed by atoms with Gasteiger partial charge in [-0.15, -0.1) is 10.2 Å². The monoisotopic (exact) mass is 486 g/mol. The summed E-state index contributed by atoms with van der Waals surface area (Å²) in [7, 11) is 0. The van der Waals surface area contributed by atoms with Crippen LogP contribution in [-0.2, 0) is 11.4 Å². The lowest BCUT2D eigenvalue weighted by molar-refractivity contribution is -0.115. The third-order valence-electron chi connectivity index (χ3n) is 5.62. The molecule has 0 bridgehead atoms. The van der Waals surface area contributed by atoms with E-state index in [9.17, 15) is 4.79 Å². The van der Waals surface area contributed by atoms with Crippen molar-refractivity contribution < 1.29 is 9.53 Å². The average Bonchev–Trinajstić information content (AvgIpc) is 3.18. The lowest BCUT2D eigenvalue weighted by Gasteiger charge is -2.21. The van der Waals surface area contributed by atoms with Gasteiger partial charge in [-0.1, -0.05) is 67.5 Å². The number of anilines is 1. The molecule has 3 aromatic rings. The molecule has 1 atom stereocenters. The number of aryl methyl sites for hydroxylation is 2. The number of hydrogen-bond donors (Lipinski definition) is 1. The van der Waals surface area contributed by atoms with Crippen molar-refractivity contribution in [1.29, 1.82) is 0 Å². The Morgan fingerprint density at radius 3 is 2.39 bits per heavy atom. The standard InChI is InChI=1S/C25H31ClN4O2S/c1-6-19(7-2)30-22(15-32-21-14-9-8-13-20(21)26)28-29-25(30)33-18(5)24(31)27-23-16(3)11-10-12-17(23)4/h8-14,18-19H,6-7,15H2,1-5H3,(H,27,31). The zero-order valence-corrected chi connectivity index (χ0v) is 21.3. The summed E-state index contributed by atoms with van der Waals surface area (Å²) in [6.45, 7) is 10.4. The van der Waals surface area contributed by atoms with Gasteiger partial charge in [0.2, 0.25) is 5.91 Å². The predicted octanol–water partition coefficient (Wildman–Crippen LogP) is 6.61. The van der Waals surface area contributed by atoms with Gasteiger partial charge in [-0.3, -0.25) is 4.79 Å². The largest absolute Gasteiger partial charge is 0.484 e. The number of aromatic nitrogens is 3. The number of rotatable bonds is 10. The SMILES string of the molecule is CCC(CC)n1c(COc2ccccc2Cl)nnc1SC(C)C(=O)Nc1c(C)cccc1C. The maximum Gasteiger partial charge on any atom is 0.237 e. The Labute approximate surface area is 205 Å². The summed E-state index contributed by atoms with van der Waals surface area (Å²) < 4.78 is 8.03. The van der Waals surface area contributed by atoms with Gasteiger partial charge in [0.25, 0.3) is 0 Å². The van der Waals surface area contributed by atoms with E-state index in [1.807, 2.05) is 57.2 Å². The molecule has 1 N–H and O–H groups in total. The first-order valence-corrected chi connectivity index (χ1v) is 12.5. The summed E-state index contributed by atoms with van der Waals surface area (Å²) in [4.78, 5) is 13.0. The molecule has 0 fully saturated rings. The fraction of sp³-hybridized carbons (Fsp3) is 0.400. The molecule has 3 rings (SSSR count). The van der Waals surface area contributed by atoms with Crippen LogP contribution in [0.25, 0.3) is 0 Å². The lowest BCUT2D eigenvalue weighted by Crippen LogP contribution is -2.24. The highest BCUT2D eigenvalue weighted by Crippen LogP contribution is 2.31. The van der Waals surface area contributed by atoms with Crippen molar-refractivity contribution in [2.45, 2.75) is 70.5 Å². The van der Waals surface area contributed by atoms with Crippen molar-refractivity contribution in [2.24, 2.45) is 0 Å². The highest BCUT2D eigenvalue weighted by Gasteiger charge is 2.24. The van der Waals surface area contributed by atoms with Gasteiger partial charge >= 0.3 is 0 Å². The van der Waals surface area contributed by atoms with Crippen molar-refractivity contribution in [2.75, 3.05) is 5.32 Å². The average molecular weight is 487 g/mol. The summed E-state index contributed by atoms with van der Waals surface area (Å²) in [5.74, 6) is 1.26. The Morgan fingerprint density at radius 2 is 1.76 bits per heavy atom. The van der Waals surface area contributed by atoms with Crippen LogP contribution in [0, 0.1) is 13.8 Å². The molecule has 0 aliphatic rings. The van der Waals surface area contributed by atoms with Crippen LogP contribution < -0.4 is 10.1 Å². The van der Waals surface area contributed by atoms with Gasteiger partial charge in [0.05, 0.1) is 10.3 Å². The zero-order valence-electron chi connectivity index (χ0n) is 19.8. The summed E-state index contributed by atoms with van der Waals surface area (Å²) in [6, 6.07) is 13.6. The number of amides is 1. The number of halogens is 1. The van der Waals surface area contributed by atoms with E-state index in [0.717, 1.165) is 29.7 Å². The Hall–Kier alpha value is -2.51. The fourth-order valence-corrected chi connectivity index (χ4v) is 4.79. The van der Waals surface area contributed by atoms with E-state index in [-0.39, 0.29) is 23.8 Å². The lowest BCUT2D eigenvalue weighted by atomic mass is 10.1. The molecule has 1 heterocycles. The van der Waals surface area contributed by atoms with E-state index in [0.29, 0.717) is 21.8 Å². The number of carbonyl (C=O) groups is 1. The molecule has 0 saturated carbocycles. The van der Waals surface area contributed by atoms with Crippen LogP contribution in [0.3, 0.4) is 0 Å². The molecule has 6 nitrogen and oxygen atoms in total. The van der Waals surface area contributed by atoms with Crippen molar-refractivity contribution in [3.05, 3.63) is 64.4 Å². The van der Waals surface area contributed by atoms with Gasteiger partial charge in [-0.05, 0) is 56.9 Å². The molecule has 0 radical (unpaired) electrons. The van der Waals surface area contributed by atoms with E-state index in [1.165, 1.54) is 11.8 Å². The maximum absolute atomic E-state index is 13.0. The van der Waals surface area contributed by atoms with Crippen molar-refractivity contribution >= 4 is 35.0 Å². The van der Waals surface area contributed by atoms with Crippen LogP contribution in [0.5, 0.6) is 5.75 Å². The summed E-state index contributed by atoms with van der Waals surface area (Å²) in [6.07, 6.45) is 1.84. The predicted molar refractivity (Wildman–Crippen MR) is 135 cm³/mol. The summed E-state index contributed by atoms with van der Waals surface area (Å²) >= 11 is 7.64. The Balaban J connectivity index is 1.78. The molecule has 8 heteroatoms. The smallest absolute Gasteiger partial charge is 0.237 e. The van der Waals surface area contributed by atoms with E-state index in [1.54, 1.807) is 6.07 Å². The van der Waals surface area contributed by atoms with Gasteiger partial charge in [-0.25, -0.2) is 0 Å². The minimum atomic E-state index is -0.348. The molecule has 1 unspecified atom stereocenters. The topological polar surface area (TPSA) is 69.0 Å². The first kappa shape index (κ1) is 25.1. The number of benzene rings is 2. The van der Waals surface area contributed by atoms with Crippen molar-refractivity contribution in [1.82, 2.24) is 14.8 Å². The number of carbonyl (C=O) groups excluding carboxylic acids is 1. The van der Waals surface area contributed by atoms with Crippen LogP contribution in [0.15, 0.2) is 47.6 Å². The first-order chi connectivity index (χ1) is 15.8. The highest BCUT2D eigenvalue weighted by atomic mass is 35.5. The van der Waals surface area contributed by atoms with Crippen LogP contribution in [0.2, 0.25) is 5.02 Å². The molecule has 176 valence electrons. The van der Waals surface area contributed by atoms with Crippen molar-refractivity contribution in [3.63, 3.8) is 0 Å². The van der Waals surface area contributed by atoms with Crippen molar-refractivity contribution in [3.8, 4) is 5.75 Å². The molecule has 0 spiro atoms. The molecule has 1 aromatic heterocycles. The Bertz CT molecular complexity index is 1080. The number of nitrogens with one attached hydrogen (secondary N) is 1. The third-order valence-corrected chi connectivity index (χ3v) is 6.99. The van der Waals surface area contributed by atoms with E-state index >= 15 is 0 Å². The molecule has 0 saturated heterocycles. The van der Waals surface area contributed by atoms with Gasteiger partial charge < -0.3 is 14.6 Å². The Kier molecular flexibility index (Phi) is 8.80. The number of para-hydroxylation sites is 2. The number of thioether (sulfide) groups is 1. The van der Waals surface area contributed by atoms with Crippen LogP contribution in [0.1, 0.15) is 56.6 Å². The second kappa shape index (κ2) is 11.6. The normalized spacial score (nSPS) is 12.1. The second-order valence-corrected chi connectivity index (χ2v) is 9.69. The maximum atomic E-state index is 13.0. The van der Waals surface area contributed by atoms with Crippen LogP contribution >= 0.6 is 23.4 Å². The van der Waals surface area contributed by atoms with E-state index in [2.05, 4.69) is 33.9 Å².